The molecular weight excluding hydrogens is 344 g/mol. The second-order valence-corrected chi connectivity index (χ2v) is 7.76. The summed E-state index contributed by atoms with van der Waals surface area (Å²) in [5.74, 6) is -0.00343. The van der Waals surface area contributed by atoms with Crippen LogP contribution in [-0.4, -0.2) is 49.1 Å². The number of carbonyl (C=O) groups excluding carboxylic acids is 1. The van der Waals surface area contributed by atoms with E-state index in [2.05, 4.69) is 10.4 Å². The fourth-order valence-electron chi connectivity index (χ4n) is 2.93. The molecule has 25 heavy (non-hydrogen) atoms. The third-order valence-corrected chi connectivity index (χ3v) is 6.10. The Kier molecular flexibility index (Phi) is 4.53. The third-order valence-electron chi connectivity index (χ3n) is 4.25. The van der Waals surface area contributed by atoms with Crippen molar-refractivity contribution in [2.24, 2.45) is 0 Å². The maximum Gasteiger partial charge on any atom is 0.247 e. The molecule has 134 valence electrons. The van der Waals surface area contributed by atoms with Crippen LogP contribution in [0.25, 0.3) is 0 Å². The second kappa shape index (κ2) is 6.49. The molecule has 0 bridgehead atoms. The van der Waals surface area contributed by atoms with Crippen LogP contribution in [0.4, 0.5) is 0 Å². The number of aromatic nitrogens is 2. The van der Waals surface area contributed by atoms with Gasteiger partial charge in [0.05, 0.1) is 19.3 Å². The number of nitrogens with zero attached hydrogens (tertiary/aromatic N) is 3. The predicted octanol–water partition coefficient (Wildman–Crippen LogP) is 0.692. The summed E-state index contributed by atoms with van der Waals surface area (Å²) in [6.45, 7) is 2.01. The van der Waals surface area contributed by atoms with Gasteiger partial charge in [0.15, 0.2) is 0 Å². The largest absolute Gasteiger partial charge is 0.495 e. The highest BCUT2D eigenvalue weighted by atomic mass is 32.2. The number of fused-ring (bicyclic) bond motifs is 1. The molecule has 0 fully saturated rings. The number of aryl methyl sites for hydroxylation is 1. The van der Waals surface area contributed by atoms with Crippen molar-refractivity contribution in [3.05, 3.63) is 41.7 Å². The highest BCUT2D eigenvalue weighted by Gasteiger charge is 2.37. The van der Waals surface area contributed by atoms with E-state index in [1.54, 1.807) is 29.1 Å². The van der Waals surface area contributed by atoms with Gasteiger partial charge in [-0.15, -0.1) is 0 Å². The van der Waals surface area contributed by atoms with Gasteiger partial charge in [-0.3, -0.25) is 9.48 Å². The first-order valence-corrected chi connectivity index (χ1v) is 9.21. The van der Waals surface area contributed by atoms with Gasteiger partial charge in [0.2, 0.25) is 15.9 Å². The van der Waals surface area contributed by atoms with Gasteiger partial charge >= 0.3 is 0 Å². The summed E-state index contributed by atoms with van der Waals surface area (Å²) in [7, 11) is -0.877. The van der Waals surface area contributed by atoms with E-state index in [4.69, 9.17) is 4.74 Å². The van der Waals surface area contributed by atoms with E-state index in [0.29, 0.717) is 5.69 Å². The van der Waals surface area contributed by atoms with E-state index in [1.807, 2.05) is 6.92 Å². The molecule has 1 amide bonds. The maximum atomic E-state index is 13.2. The van der Waals surface area contributed by atoms with Gasteiger partial charge in [-0.1, -0.05) is 6.07 Å². The summed E-state index contributed by atoms with van der Waals surface area (Å²) >= 11 is 0. The molecule has 0 aliphatic carbocycles. The first-order chi connectivity index (χ1) is 11.9. The Bertz CT molecular complexity index is 907. The lowest BCUT2D eigenvalue weighted by Crippen LogP contribution is -2.46. The highest BCUT2D eigenvalue weighted by Crippen LogP contribution is 2.31. The van der Waals surface area contributed by atoms with Crippen LogP contribution in [0.1, 0.15) is 17.3 Å². The molecule has 0 saturated heterocycles. The number of nitrogens with one attached hydrogen (secondary N) is 1. The quantitative estimate of drug-likeness (QED) is 0.862. The van der Waals surface area contributed by atoms with Gasteiger partial charge in [0.1, 0.15) is 16.7 Å². The zero-order valence-electron chi connectivity index (χ0n) is 14.3. The molecule has 2 heterocycles. The summed E-state index contributed by atoms with van der Waals surface area (Å²) in [4.78, 5) is 12.3. The van der Waals surface area contributed by atoms with Gasteiger partial charge in [-0.2, -0.15) is 9.40 Å². The molecule has 1 aliphatic heterocycles. The minimum Gasteiger partial charge on any atom is -0.495 e. The topological polar surface area (TPSA) is 93.5 Å². The molecule has 1 aromatic heterocycles. The van der Waals surface area contributed by atoms with Crippen molar-refractivity contribution in [3.8, 4) is 5.75 Å². The molecule has 0 spiro atoms. The van der Waals surface area contributed by atoms with Crippen LogP contribution in [0, 0.1) is 6.92 Å². The summed E-state index contributed by atoms with van der Waals surface area (Å²) in [5.41, 5.74) is 1.56. The first-order valence-electron chi connectivity index (χ1n) is 7.77. The predicted molar refractivity (Wildman–Crippen MR) is 90.7 cm³/mol. The van der Waals surface area contributed by atoms with Crippen molar-refractivity contribution in [3.63, 3.8) is 0 Å². The van der Waals surface area contributed by atoms with Crippen molar-refractivity contribution in [2.45, 2.75) is 24.4 Å². The summed E-state index contributed by atoms with van der Waals surface area (Å²) in [5, 5.41) is 6.71. The van der Waals surface area contributed by atoms with Crippen LogP contribution in [0.3, 0.4) is 0 Å². The minimum absolute atomic E-state index is 0.00766. The number of amides is 1. The zero-order chi connectivity index (χ0) is 18.2. The normalized spacial score (nSPS) is 17.8. The SMILES string of the molecule is CNC(=O)C1CN(S(=O)(=O)c2ccc(C)cc2OC)Cc2ccnn21. The van der Waals surface area contributed by atoms with Gasteiger partial charge in [0, 0.05) is 19.8 Å². The Morgan fingerprint density at radius 3 is 2.80 bits per heavy atom. The fourth-order valence-corrected chi connectivity index (χ4v) is 4.49. The van der Waals surface area contributed by atoms with Crippen molar-refractivity contribution < 1.29 is 17.9 Å². The van der Waals surface area contributed by atoms with Gasteiger partial charge < -0.3 is 10.1 Å². The number of sulfonamides is 1. The van der Waals surface area contributed by atoms with Crippen LogP contribution < -0.4 is 10.1 Å². The van der Waals surface area contributed by atoms with E-state index in [1.165, 1.54) is 24.5 Å². The van der Waals surface area contributed by atoms with Crippen molar-refractivity contribution in [2.75, 3.05) is 20.7 Å². The molecule has 0 radical (unpaired) electrons. The van der Waals surface area contributed by atoms with E-state index in [0.717, 1.165) is 5.56 Å². The molecule has 1 aromatic carbocycles. The number of ether oxygens (including phenoxy) is 1. The molecule has 1 atom stereocenters. The Morgan fingerprint density at radius 2 is 2.12 bits per heavy atom. The average Bonchev–Trinajstić information content (AvgIpc) is 3.08. The zero-order valence-corrected chi connectivity index (χ0v) is 15.1. The standard InChI is InChI=1S/C16H20N4O4S/c1-11-4-5-15(14(8-11)24-3)25(22,23)19-9-12-6-7-18-20(12)13(10-19)16(21)17-2/h4-8,13H,9-10H2,1-3H3,(H,17,21). The van der Waals surface area contributed by atoms with E-state index in [-0.39, 0.29) is 29.6 Å². The fraction of sp³-hybridized carbons (Fsp3) is 0.375. The lowest BCUT2D eigenvalue weighted by Gasteiger charge is -2.32. The van der Waals surface area contributed by atoms with Crippen molar-refractivity contribution >= 4 is 15.9 Å². The summed E-state index contributed by atoms with van der Waals surface area (Å²) in [6.07, 6.45) is 1.56. The molecule has 9 heteroatoms. The number of likely N-dealkylation sites (N-methyl/N-ethyl adjacent to an activating group) is 1. The number of methoxy groups -OCH3 is 1. The van der Waals surface area contributed by atoms with Crippen LogP contribution in [0.5, 0.6) is 5.75 Å². The lowest BCUT2D eigenvalue weighted by atomic mass is 10.2. The molecule has 8 nitrogen and oxygen atoms in total. The van der Waals surface area contributed by atoms with E-state index < -0.39 is 16.1 Å². The van der Waals surface area contributed by atoms with Gasteiger partial charge in [-0.05, 0) is 30.7 Å². The molecule has 0 saturated carbocycles. The summed E-state index contributed by atoms with van der Waals surface area (Å²) in [6, 6.07) is 5.93. The molecule has 1 unspecified atom stereocenters. The Labute approximate surface area is 146 Å². The van der Waals surface area contributed by atoms with Crippen molar-refractivity contribution in [1.29, 1.82) is 0 Å². The highest BCUT2D eigenvalue weighted by molar-refractivity contribution is 7.89. The minimum atomic E-state index is -3.83. The van der Waals surface area contributed by atoms with Crippen LogP contribution >= 0.6 is 0 Å². The third kappa shape index (κ3) is 3.00. The van der Waals surface area contributed by atoms with Crippen LogP contribution in [0.15, 0.2) is 35.4 Å². The molecule has 2 aromatic rings. The number of rotatable bonds is 4. The number of hydrogen-bond donors (Lipinski definition) is 1. The molecule has 1 N–H and O–H groups in total. The smallest absolute Gasteiger partial charge is 0.247 e. The van der Waals surface area contributed by atoms with E-state index in [9.17, 15) is 13.2 Å². The Hall–Kier alpha value is -2.39. The number of benzene rings is 1. The monoisotopic (exact) mass is 364 g/mol. The Balaban J connectivity index is 2.03. The molecule has 1 aliphatic rings. The first kappa shape index (κ1) is 17.4. The molecule has 3 rings (SSSR count). The van der Waals surface area contributed by atoms with Gasteiger partial charge in [0.25, 0.3) is 0 Å². The maximum absolute atomic E-state index is 13.2. The lowest BCUT2D eigenvalue weighted by molar-refractivity contribution is -0.124. The second-order valence-electron chi connectivity index (χ2n) is 5.85. The van der Waals surface area contributed by atoms with Crippen molar-refractivity contribution in [1.82, 2.24) is 19.4 Å². The molecular formula is C16H20N4O4S. The number of hydrogen-bond acceptors (Lipinski definition) is 5. The average molecular weight is 364 g/mol. The van der Waals surface area contributed by atoms with Crippen LogP contribution in [-0.2, 0) is 21.4 Å². The summed E-state index contributed by atoms with van der Waals surface area (Å²) < 4.78 is 34.4. The van der Waals surface area contributed by atoms with E-state index >= 15 is 0 Å². The Morgan fingerprint density at radius 1 is 1.36 bits per heavy atom. The van der Waals surface area contributed by atoms with Crippen LogP contribution in [0.2, 0.25) is 0 Å². The van der Waals surface area contributed by atoms with Gasteiger partial charge in [-0.25, -0.2) is 8.42 Å². The number of carbonyl (C=O) groups is 1.